The zero-order valence-corrected chi connectivity index (χ0v) is 35.1. The number of rotatable bonds is 6. The molecule has 292 valence electrons. The average molecular weight is 778 g/mol. The summed E-state index contributed by atoms with van der Waals surface area (Å²) in [4.78, 5) is 10.9. The van der Waals surface area contributed by atoms with Gasteiger partial charge in [0.25, 0.3) is 0 Å². The second kappa shape index (κ2) is 14.7. The largest absolute Gasteiger partial charge is 0.507 e. The smallest absolute Gasteiger partial charge is 0.164 e. The second-order valence-corrected chi connectivity index (χ2v) is 16.8. The van der Waals surface area contributed by atoms with Gasteiger partial charge in [-0.1, -0.05) is 144 Å². The number of fused-ring (bicyclic) bond motifs is 4. The van der Waals surface area contributed by atoms with E-state index in [0.29, 0.717) is 0 Å². The van der Waals surface area contributed by atoms with Crippen LogP contribution in [0.1, 0.15) is 44.5 Å². The zero-order valence-electron chi connectivity index (χ0n) is 35.1. The molecule has 9 aromatic rings. The van der Waals surface area contributed by atoms with Crippen LogP contribution in [0.5, 0.6) is 5.75 Å². The van der Waals surface area contributed by atoms with Gasteiger partial charge in [0, 0.05) is 11.1 Å². The van der Waals surface area contributed by atoms with Crippen LogP contribution in [0.3, 0.4) is 0 Å². The van der Waals surface area contributed by atoms with Crippen molar-refractivity contribution in [2.45, 2.75) is 54.4 Å². The van der Waals surface area contributed by atoms with E-state index in [2.05, 4.69) is 180 Å². The zero-order chi connectivity index (χ0) is 41.2. The fourth-order valence-corrected chi connectivity index (χ4v) is 9.70. The number of phenols is 1. The number of hydrogen-bond donors (Lipinski definition) is 1. The number of nitrogens with zero attached hydrogens (tertiary/aromatic N) is 3. The Labute approximate surface area is 352 Å². The van der Waals surface area contributed by atoms with Crippen molar-refractivity contribution in [3.63, 3.8) is 0 Å². The number of aryl methyl sites for hydroxylation is 8. The van der Waals surface area contributed by atoms with Crippen molar-refractivity contribution in [3.8, 4) is 78.7 Å². The number of imidazole rings is 1. The van der Waals surface area contributed by atoms with Crippen LogP contribution in [0, 0.1) is 41.5 Å². The highest BCUT2D eigenvalue weighted by Crippen LogP contribution is 2.44. The Kier molecular flexibility index (Phi) is 9.10. The third kappa shape index (κ3) is 6.40. The van der Waals surface area contributed by atoms with Crippen LogP contribution in [0.2, 0.25) is 0 Å². The maximum absolute atomic E-state index is 11.1. The topological polar surface area (TPSA) is 50.9 Å². The van der Waals surface area contributed by atoms with Crippen molar-refractivity contribution < 1.29 is 5.11 Å². The summed E-state index contributed by atoms with van der Waals surface area (Å²) in [5.41, 5.74) is 24.4. The summed E-state index contributed by atoms with van der Waals surface area (Å²) >= 11 is 0. The number of para-hydroxylation sites is 2. The molecule has 4 nitrogen and oxygen atoms in total. The number of benzene rings is 7. The van der Waals surface area contributed by atoms with Gasteiger partial charge in [-0.2, -0.15) is 0 Å². The summed E-state index contributed by atoms with van der Waals surface area (Å²) in [6.45, 7) is 13.1. The minimum Gasteiger partial charge on any atom is -0.507 e. The molecule has 7 aromatic carbocycles. The van der Waals surface area contributed by atoms with E-state index >= 15 is 0 Å². The van der Waals surface area contributed by atoms with Crippen LogP contribution >= 0.6 is 0 Å². The molecule has 2 aromatic heterocycles. The first-order chi connectivity index (χ1) is 29.1. The van der Waals surface area contributed by atoms with Gasteiger partial charge in [0.1, 0.15) is 11.4 Å². The number of hydrogen-bond acceptors (Lipinski definition) is 3. The van der Waals surface area contributed by atoms with Crippen LogP contribution in [-0.4, -0.2) is 19.6 Å². The first kappa shape index (κ1) is 37.2. The Hall–Kier alpha value is -7.04. The molecule has 0 saturated heterocycles. The lowest BCUT2D eigenvalue weighted by Gasteiger charge is -2.21. The number of phenolic OH excluding ortho intramolecular Hbond substituents is 1. The third-order valence-electron chi connectivity index (χ3n) is 12.2. The lowest BCUT2D eigenvalue weighted by Crippen LogP contribution is -2.08. The van der Waals surface area contributed by atoms with Gasteiger partial charge in [0.05, 0.1) is 22.4 Å². The summed E-state index contributed by atoms with van der Waals surface area (Å²) in [6, 6.07) is 52.5. The Morgan fingerprint density at radius 3 is 1.72 bits per heavy atom. The van der Waals surface area contributed by atoms with E-state index in [-0.39, 0.29) is 5.75 Å². The van der Waals surface area contributed by atoms with E-state index in [9.17, 15) is 5.11 Å². The van der Waals surface area contributed by atoms with Crippen LogP contribution in [0.4, 0.5) is 0 Å². The van der Waals surface area contributed by atoms with Gasteiger partial charge in [-0.25, -0.2) is 9.97 Å². The standard InChI is InChI=1S/C56H47N3O/c1-33-26-34(2)29-43(28-33)45-17-10-18-46(44-30-35(3)27-36(4)31-44)51(45)42-16-8-15-41(32-42)47-19-11-20-49-54(47)58-56(59(49)55-37(5)12-7-13-38(55)6)48-25-24-40-23-22-39-14-9-21-50(60)52(39)53(40)57-48/h7-21,24-32,60H,22-23H2,1-6H3. The quantitative estimate of drug-likeness (QED) is 0.183. The molecule has 60 heavy (non-hydrogen) atoms. The minimum atomic E-state index is 0.267. The van der Waals surface area contributed by atoms with Gasteiger partial charge in [-0.05, 0) is 140 Å². The fraction of sp³-hybridized carbons (Fsp3) is 0.143. The molecule has 0 fully saturated rings. The maximum atomic E-state index is 11.1. The molecular weight excluding hydrogens is 731 g/mol. The number of aromatic nitrogens is 3. The molecule has 4 heteroatoms. The number of pyridine rings is 1. The van der Waals surface area contributed by atoms with Gasteiger partial charge in [0.2, 0.25) is 0 Å². The van der Waals surface area contributed by atoms with Crippen molar-refractivity contribution in [2.24, 2.45) is 0 Å². The fourth-order valence-electron chi connectivity index (χ4n) is 9.70. The molecule has 1 aliphatic rings. The second-order valence-electron chi connectivity index (χ2n) is 16.8. The van der Waals surface area contributed by atoms with Gasteiger partial charge >= 0.3 is 0 Å². The van der Waals surface area contributed by atoms with Crippen molar-refractivity contribution in [1.29, 1.82) is 0 Å². The minimum absolute atomic E-state index is 0.267. The predicted octanol–water partition coefficient (Wildman–Crippen LogP) is 14.1. The van der Waals surface area contributed by atoms with E-state index in [4.69, 9.17) is 9.97 Å². The molecule has 0 atom stereocenters. The predicted molar refractivity (Wildman–Crippen MR) is 249 cm³/mol. The molecule has 0 bridgehead atoms. The first-order valence-corrected chi connectivity index (χ1v) is 20.9. The van der Waals surface area contributed by atoms with Crippen molar-refractivity contribution in [1.82, 2.24) is 14.5 Å². The summed E-state index contributed by atoms with van der Waals surface area (Å²) in [7, 11) is 0. The van der Waals surface area contributed by atoms with Crippen LogP contribution in [0.25, 0.3) is 84.0 Å². The van der Waals surface area contributed by atoms with Gasteiger partial charge in [0.15, 0.2) is 5.82 Å². The van der Waals surface area contributed by atoms with E-state index < -0.39 is 0 Å². The summed E-state index contributed by atoms with van der Waals surface area (Å²) in [5, 5.41) is 11.1. The van der Waals surface area contributed by atoms with E-state index in [1.165, 1.54) is 50.1 Å². The van der Waals surface area contributed by atoms with E-state index in [1.54, 1.807) is 6.07 Å². The first-order valence-electron chi connectivity index (χ1n) is 20.9. The number of aromatic hydroxyl groups is 1. The molecule has 2 heterocycles. The highest BCUT2D eigenvalue weighted by molar-refractivity contribution is 5.99. The molecule has 0 saturated carbocycles. The van der Waals surface area contributed by atoms with E-state index in [0.717, 1.165) is 91.3 Å². The molecule has 1 aliphatic carbocycles. The summed E-state index contributed by atoms with van der Waals surface area (Å²) in [6.07, 6.45) is 1.76. The molecule has 0 unspecified atom stereocenters. The van der Waals surface area contributed by atoms with Crippen molar-refractivity contribution >= 4 is 11.0 Å². The highest BCUT2D eigenvalue weighted by Gasteiger charge is 2.25. The van der Waals surface area contributed by atoms with Crippen LogP contribution < -0.4 is 0 Å². The molecule has 1 N–H and O–H groups in total. The Morgan fingerprint density at radius 2 is 1.03 bits per heavy atom. The Morgan fingerprint density at radius 1 is 0.467 bits per heavy atom. The van der Waals surface area contributed by atoms with Gasteiger partial charge in [-0.15, -0.1) is 0 Å². The Balaban J connectivity index is 1.21. The Bertz CT molecular complexity index is 3050. The van der Waals surface area contributed by atoms with Crippen LogP contribution in [0.15, 0.2) is 146 Å². The van der Waals surface area contributed by atoms with E-state index in [1.807, 2.05) is 6.07 Å². The van der Waals surface area contributed by atoms with Crippen LogP contribution in [-0.2, 0) is 12.8 Å². The molecule has 0 spiro atoms. The maximum Gasteiger partial charge on any atom is 0.164 e. The van der Waals surface area contributed by atoms with Gasteiger partial charge < -0.3 is 5.11 Å². The highest BCUT2D eigenvalue weighted by atomic mass is 16.3. The molecular formula is C56H47N3O. The summed E-state index contributed by atoms with van der Waals surface area (Å²) < 4.78 is 2.30. The summed E-state index contributed by atoms with van der Waals surface area (Å²) in [5.74, 6) is 1.04. The van der Waals surface area contributed by atoms with Crippen molar-refractivity contribution in [3.05, 3.63) is 190 Å². The molecule has 0 amide bonds. The van der Waals surface area contributed by atoms with Crippen molar-refractivity contribution in [2.75, 3.05) is 0 Å². The lowest BCUT2D eigenvalue weighted by molar-refractivity contribution is 0.476. The van der Waals surface area contributed by atoms with Gasteiger partial charge in [-0.3, -0.25) is 4.57 Å². The monoisotopic (exact) mass is 777 g/mol. The normalized spacial score (nSPS) is 12.1. The lowest BCUT2D eigenvalue weighted by atomic mass is 9.85. The molecule has 0 radical (unpaired) electrons. The average Bonchev–Trinajstić information content (AvgIpc) is 3.62. The molecule has 10 rings (SSSR count). The molecule has 0 aliphatic heterocycles. The SMILES string of the molecule is Cc1cc(C)cc(-c2cccc(-c3cc(C)cc(C)c3)c2-c2cccc(-c3cccc4c3nc(-c3ccc5c(n3)-c3c(O)cccc3CC5)n4-c3c(C)cccc3C)c2)c1. The third-order valence-corrected chi connectivity index (χ3v) is 12.2.